The van der Waals surface area contributed by atoms with Crippen LogP contribution < -0.4 is 15.5 Å². The van der Waals surface area contributed by atoms with Gasteiger partial charge in [0.2, 0.25) is 0 Å². The van der Waals surface area contributed by atoms with Gasteiger partial charge in [0, 0.05) is 0 Å². The summed E-state index contributed by atoms with van der Waals surface area (Å²) in [6, 6.07) is 19.4. The zero-order valence-electron chi connectivity index (χ0n) is 15.3. The molecule has 0 aliphatic heterocycles. The van der Waals surface area contributed by atoms with Gasteiger partial charge in [-0.1, -0.05) is 41.9 Å². The van der Waals surface area contributed by atoms with Crippen LogP contribution in [0.4, 0.5) is 18.9 Å². The van der Waals surface area contributed by atoms with Crippen molar-refractivity contribution in [1.82, 2.24) is 5.43 Å². The van der Waals surface area contributed by atoms with Crippen LogP contribution in [0.15, 0.2) is 77.9 Å². The van der Waals surface area contributed by atoms with E-state index in [2.05, 4.69) is 15.8 Å². The maximum atomic E-state index is 12.8. The van der Waals surface area contributed by atoms with Crippen LogP contribution in [-0.2, 0) is 6.18 Å². The molecule has 0 spiro atoms. The third-order valence-corrected chi connectivity index (χ3v) is 4.28. The molecule has 0 bridgehead atoms. The molecule has 3 aromatic carbocycles. The number of hydrogen-bond donors (Lipinski definition) is 2. The molecule has 0 saturated carbocycles. The first-order valence-corrected chi connectivity index (χ1v) is 9.40. The first-order valence-electron chi connectivity index (χ1n) is 8.61. The summed E-state index contributed by atoms with van der Waals surface area (Å²) in [5.74, 6) is 1.33. The normalized spacial score (nSPS) is 11.3. The Labute approximate surface area is 181 Å². The molecule has 0 aliphatic carbocycles. The molecule has 154 valence electrons. The summed E-state index contributed by atoms with van der Waals surface area (Å²) in [4.78, 5) is 0. The smallest absolute Gasteiger partial charge is 0.416 e. The molecular weight excluding hydrogens is 435 g/mol. The number of hydrogen-bond acceptors (Lipinski definition) is 3. The number of nitrogens with zero attached hydrogens (tertiary/aromatic N) is 1. The van der Waals surface area contributed by atoms with Crippen molar-refractivity contribution in [2.75, 3.05) is 5.32 Å². The fourth-order valence-corrected chi connectivity index (χ4v) is 2.72. The molecule has 0 unspecified atom stereocenters. The van der Waals surface area contributed by atoms with Crippen molar-refractivity contribution in [3.63, 3.8) is 0 Å². The van der Waals surface area contributed by atoms with Crippen molar-refractivity contribution in [2.24, 2.45) is 5.10 Å². The minimum absolute atomic E-state index is 0.0100. The fraction of sp³-hybridized carbons (Fsp3) is 0.0476. The van der Waals surface area contributed by atoms with Crippen LogP contribution >= 0.6 is 23.8 Å². The number of anilines is 1. The molecule has 0 atom stereocenters. The highest BCUT2D eigenvalue weighted by molar-refractivity contribution is 7.80. The molecule has 3 aromatic rings. The Morgan fingerprint density at radius 3 is 2.43 bits per heavy atom. The quantitative estimate of drug-likeness (QED) is 0.266. The van der Waals surface area contributed by atoms with Crippen molar-refractivity contribution >= 4 is 40.8 Å². The molecule has 0 amide bonds. The summed E-state index contributed by atoms with van der Waals surface area (Å²) in [5.41, 5.74) is 2.46. The number of para-hydroxylation sites is 1. The second kappa shape index (κ2) is 9.60. The molecule has 0 heterocycles. The molecular formula is C21H15ClF3N3OS. The maximum Gasteiger partial charge on any atom is 0.416 e. The lowest BCUT2D eigenvalue weighted by atomic mass is 10.2. The van der Waals surface area contributed by atoms with E-state index in [1.807, 2.05) is 36.4 Å². The van der Waals surface area contributed by atoms with Crippen LogP contribution in [0.25, 0.3) is 0 Å². The van der Waals surface area contributed by atoms with Gasteiger partial charge in [-0.25, -0.2) is 0 Å². The number of ether oxygens (including phenoxy) is 1. The topological polar surface area (TPSA) is 45.7 Å². The standard InChI is InChI=1S/C21H15ClF3N3OS/c22-18-10-9-15(21(23,24)25)12-19(18)27-20(30)28-26-13-14-5-4-8-17(11-14)29-16-6-2-1-3-7-16/h1-13H,(H2,27,28,30). The molecule has 4 nitrogen and oxygen atoms in total. The molecule has 0 saturated heterocycles. The van der Waals surface area contributed by atoms with Crippen molar-refractivity contribution in [2.45, 2.75) is 6.18 Å². The zero-order chi connectivity index (χ0) is 21.6. The van der Waals surface area contributed by atoms with Gasteiger partial charge in [-0.05, 0) is 60.2 Å². The van der Waals surface area contributed by atoms with Gasteiger partial charge >= 0.3 is 6.18 Å². The Balaban J connectivity index is 1.61. The van der Waals surface area contributed by atoms with E-state index >= 15 is 0 Å². The molecule has 0 aromatic heterocycles. The first-order chi connectivity index (χ1) is 14.3. The van der Waals surface area contributed by atoms with E-state index in [0.717, 1.165) is 23.8 Å². The number of thiocarbonyl (C=S) groups is 1. The highest BCUT2D eigenvalue weighted by atomic mass is 35.5. The number of nitrogens with one attached hydrogen (secondary N) is 2. The maximum absolute atomic E-state index is 12.8. The van der Waals surface area contributed by atoms with Crippen molar-refractivity contribution in [3.8, 4) is 11.5 Å². The highest BCUT2D eigenvalue weighted by Gasteiger charge is 2.31. The van der Waals surface area contributed by atoms with E-state index in [0.29, 0.717) is 11.5 Å². The van der Waals surface area contributed by atoms with Gasteiger partial charge in [0.05, 0.1) is 22.5 Å². The Bertz CT molecular complexity index is 1060. The average molecular weight is 450 g/mol. The summed E-state index contributed by atoms with van der Waals surface area (Å²) >= 11 is 11.0. The fourth-order valence-electron chi connectivity index (χ4n) is 2.40. The van der Waals surface area contributed by atoms with Crippen LogP contribution in [-0.4, -0.2) is 11.3 Å². The lowest BCUT2D eigenvalue weighted by molar-refractivity contribution is -0.137. The van der Waals surface area contributed by atoms with E-state index < -0.39 is 11.7 Å². The molecule has 30 heavy (non-hydrogen) atoms. The lowest BCUT2D eigenvalue weighted by Gasteiger charge is -2.12. The number of alkyl halides is 3. The van der Waals surface area contributed by atoms with E-state index in [1.54, 1.807) is 18.2 Å². The van der Waals surface area contributed by atoms with Gasteiger partial charge in [0.25, 0.3) is 0 Å². The molecule has 2 N–H and O–H groups in total. The Hall–Kier alpha value is -3.10. The Morgan fingerprint density at radius 1 is 0.967 bits per heavy atom. The number of hydrazone groups is 1. The SMILES string of the molecule is FC(F)(F)c1ccc(Cl)c(NC(=S)NN=Cc2cccc(Oc3ccccc3)c2)c1. The third-order valence-electron chi connectivity index (χ3n) is 3.76. The number of rotatable bonds is 5. The van der Waals surface area contributed by atoms with Gasteiger partial charge in [-0.3, -0.25) is 5.43 Å². The van der Waals surface area contributed by atoms with E-state index in [-0.39, 0.29) is 15.8 Å². The largest absolute Gasteiger partial charge is 0.457 e. The van der Waals surface area contributed by atoms with E-state index in [1.165, 1.54) is 6.21 Å². The number of benzene rings is 3. The molecule has 0 aliphatic rings. The third kappa shape index (κ3) is 6.20. The summed E-state index contributed by atoms with van der Waals surface area (Å²) < 4.78 is 44.3. The van der Waals surface area contributed by atoms with Gasteiger partial charge in [0.15, 0.2) is 5.11 Å². The predicted molar refractivity (Wildman–Crippen MR) is 116 cm³/mol. The summed E-state index contributed by atoms with van der Waals surface area (Å²) in [5, 5.41) is 6.68. The van der Waals surface area contributed by atoms with Crippen LogP contribution in [0.2, 0.25) is 5.02 Å². The van der Waals surface area contributed by atoms with Crippen LogP contribution in [0.5, 0.6) is 11.5 Å². The second-order valence-corrected chi connectivity index (χ2v) is 6.82. The summed E-state index contributed by atoms with van der Waals surface area (Å²) in [6.45, 7) is 0. The minimum atomic E-state index is -4.49. The van der Waals surface area contributed by atoms with E-state index in [4.69, 9.17) is 28.6 Å². The molecule has 0 radical (unpaired) electrons. The number of halogens is 4. The van der Waals surface area contributed by atoms with Gasteiger partial charge < -0.3 is 10.1 Å². The second-order valence-electron chi connectivity index (χ2n) is 6.00. The summed E-state index contributed by atoms with van der Waals surface area (Å²) in [7, 11) is 0. The van der Waals surface area contributed by atoms with Crippen LogP contribution in [0.3, 0.4) is 0 Å². The van der Waals surface area contributed by atoms with Crippen LogP contribution in [0.1, 0.15) is 11.1 Å². The van der Waals surface area contributed by atoms with Gasteiger partial charge in [0.1, 0.15) is 11.5 Å². The Kier molecular flexibility index (Phi) is 6.91. The van der Waals surface area contributed by atoms with Gasteiger partial charge in [-0.15, -0.1) is 0 Å². The molecule has 0 fully saturated rings. The minimum Gasteiger partial charge on any atom is -0.457 e. The van der Waals surface area contributed by atoms with Crippen LogP contribution in [0, 0.1) is 0 Å². The van der Waals surface area contributed by atoms with E-state index in [9.17, 15) is 13.2 Å². The monoisotopic (exact) mass is 449 g/mol. The van der Waals surface area contributed by atoms with Crippen molar-refractivity contribution < 1.29 is 17.9 Å². The summed E-state index contributed by atoms with van der Waals surface area (Å²) in [6.07, 6.45) is -2.99. The first kappa shape index (κ1) is 21.6. The lowest BCUT2D eigenvalue weighted by Crippen LogP contribution is -2.24. The predicted octanol–water partition coefficient (Wildman–Crippen LogP) is 6.47. The van der Waals surface area contributed by atoms with Crippen molar-refractivity contribution in [3.05, 3.63) is 88.9 Å². The van der Waals surface area contributed by atoms with Gasteiger partial charge in [-0.2, -0.15) is 18.3 Å². The van der Waals surface area contributed by atoms with Crippen molar-refractivity contribution in [1.29, 1.82) is 0 Å². The molecule has 9 heteroatoms. The average Bonchev–Trinajstić information content (AvgIpc) is 2.70. The molecule has 3 rings (SSSR count). The zero-order valence-corrected chi connectivity index (χ0v) is 16.9. The highest BCUT2D eigenvalue weighted by Crippen LogP contribution is 2.33. The Morgan fingerprint density at radius 2 is 1.70 bits per heavy atom.